The zero-order valence-corrected chi connectivity index (χ0v) is 24.8. The summed E-state index contributed by atoms with van der Waals surface area (Å²) in [7, 11) is 0. The lowest BCUT2D eigenvalue weighted by Crippen LogP contribution is -2.35. The summed E-state index contributed by atoms with van der Waals surface area (Å²) in [5.41, 5.74) is 5.16. The normalized spacial score (nSPS) is 12.3. The number of nitrogens with zero attached hydrogens (tertiary/aromatic N) is 3. The topological polar surface area (TPSA) is 113 Å². The first-order chi connectivity index (χ1) is 21.4. The fourth-order valence-corrected chi connectivity index (χ4v) is 5.12. The second-order valence-electron chi connectivity index (χ2n) is 11.2. The standard InChI is InChI=1S/C36H35N5O3/c1-25(2)20-33(35-38-17-18-39-35)40-36(43)32(21-34(42)44-24-27-6-4-3-5-7-27)30-16-19-41(23-30)31-14-12-29(13-15-31)28-10-8-26(22-37)9-11-28/h3-19,23,25,32-33H,20-21,24H2,1-2H3,(H,38,39)(H,40,43)/t32-,33-/m0/s1. The molecule has 0 saturated carbocycles. The molecule has 0 spiro atoms. The molecule has 0 fully saturated rings. The van der Waals surface area contributed by atoms with Crippen molar-refractivity contribution in [3.63, 3.8) is 0 Å². The summed E-state index contributed by atoms with van der Waals surface area (Å²) >= 11 is 0. The molecule has 8 heteroatoms. The van der Waals surface area contributed by atoms with Crippen molar-refractivity contribution in [2.45, 2.75) is 45.3 Å². The molecule has 44 heavy (non-hydrogen) atoms. The van der Waals surface area contributed by atoms with Crippen LogP contribution in [0.2, 0.25) is 0 Å². The number of carbonyl (C=O) groups excluding carboxylic acids is 2. The number of hydrogen-bond acceptors (Lipinski definition) is 5. The molecular weight excluding hydrogens is 550 g/mol. The minimum atomic E-state index is -0.762. The number of aromatic nitrogens is 3. The zero-order chi connectivity index (χ0) is 30.9. The molecule has 0 unspecified atom stereocenters. The van der Waals surface area contributed by atoms with E-state index in [2.05, 4.69) is 35.2 Å². The molecule has 1 amide bonds. The van der Waals surface area contributed by atoms with Crippen LogP contribution in [0.5, 0.6) is 0 Å². The second kappa shape index (κ2) is 14.2. The van der Waals surface area contributed by atoms with E-state index in [1.54, 1.807) is 24.5 Å². The van der Waals surface area contributed by atoms with E-state index in [1.165, 1.54) is 0 Å². The van der Waals surface area contributed by atoms with Gasteiger partial charge in [-0.3, -0.25) is 9.59 Å². The van der Waals surface area contributed by atoms with E-state index in [0.717, 1.165) is 22.4 Å². The SMILES string of the molecule is CC(C)C[C@H](NC(=O)[C@@H](CC(=O)OCc1ccccc1)c1ccn(-c2ccc(-c3ccc(C#N)cc3)cc2)c1)c1ncc[nH]1. The van der Waals surface area contributed by atoms with Gasteiger partial charge in [0.05, 0.1) is 30.0 Å². The highest BCUT2D eigenvalue weighted by Gasteiger charge is 2.29. The third kappa shape index (κ3) is 7.69. The molecule has 0 aliphatic heterocycles. The molecule has 3 aromatic carbocycles. The summed E-state index contributed by atoms with van der Waals surface area (Å²) in [6.45, 7) is 4.32. The number of H-pyrrole nitrogens is 1. The molecule has 8 nitrogen and oxygen atoms in total. The molecule has 0 aliphatic rings. The highest BCUT2D eigenvalue weighted by Crippen LogP contribution is 2.27. The first kappa shape index (κ1) is 30.1. The molecule has 2 heterocycles. The number of rotatable bonds is 12. The molecule has 5 aromatic rings. The van der Waals surface area contributed by atoms with E-state index >= 15 is 0 Å². The van der Waals surface area contributed by atoms with E-state index in [4.69, 9.17) is 10.00 Å². The number of ether oxygens (including phenoxy) is 1. The van der Waals surface area contributed by atoms with Gasteiger partial charge < -0.3 is 19.6 Å². The predicted octanol–water partition coefficient (Wildman–Crippen LogP) is 6.86. The number of nitriles is 1. The van der Waals surface area contributed by atoms with Gasteiger partial charge in [0.2, 0.25) is 5.91 Å². The first-order valence-electron chi connectivity index (χ1n) is 14.7. The number of nitrogens with one attached hydrogen (secondary N) is 2. The number of carbonyl (C=O) groups is 2. The molecule has 0 aliphatic carbocycles. The summed E-state index contributed by atoms with van der Waals surface area (Å²) in [5.74, 6) is -0.489. The van der Waals surface area contributed by atoms with Gasteiger partial charge in [-0.25, -0.2) is 4.98 Å². The van der Waals surface area contributed by atoms with Gasteiger partial charge in [-0.05, 0) is 64.9 Å². The highest BCUT2D eigenvalue weighted by molar-refractivity contribution is 5.88. The molecule has 0 radical (unpaired) electrons. The second-order valence-corrected chi connectivity index (χ2v) is 11.2. The fraction of sp³-hybridized carbons (Fsp3) is 0.222. The fourth-order valence-electron chi connectivity index (χ4n) is 5.12. The molecule has 2 aromatic heterocycles. The Morgan fingerprint density at radius 1 is 0.977 bits per heavy atom. The third-order valence-corrected chi connectivity index (χ3v) is 7.43. The number of benzene rings is 3. The number of amides is 1. The Labute approximate surface area is 257 Å². The number of aromatic amines is 1. The van der Waals surface area contributed by atoms with Crippen molar-refractivity contribution in [1.29, 1.82) is 5.26 Å². The minimum Gasteiger partial charge on any atom is -0.461 e. The van der Waals surface area contributed by atoms with Crippen LogP contribution in [0.25, 0.3) is 16.8 Å². The molecule has 2 atom stereocenters. The number of imidazole rings is 1. The van der Waals surface area contributed by atoms with Crippen LogP contribution < -0.4 is 5.32 Å². The van der Waals surface area contributed by atoms with Crippen LogP contribution in [-0.4, -0.2) is 26.4 Å². The molecule has 0 saturated heterocycles. The maximum Gasteiger partial charge on any atom is 0.307 e. The van der Waals surface area contributed by atoms with Crippen molar-refractivity contribution in [3.8, 4) is 22.9 Å². The van der Waals surface area contributed by atoms with Crippen LogP contribution in [0.15, 0.2) is 110 Å². The van der Waals surface area contributed by atoms with Crippen LogP contribution in [0.1, 0.15) is 61.2 Å². The van der Waals surface area contributed by atoms with Crippen molar-refractivity contribution in [3.05, 3.63) is 132 Å². The van der Waals surface area contributed by atoms with E-state index < -0.39 is 11.9 Å². The lowest BCUT2D eigenvalue weighted by atomic mass is 9.95. The molecular formula is C36H35N5O3. The summed E-state index contributed by atoms with van der Waals surface area (Å²) in [4.78, 5) is 34.4. The first-order valence-corrected chi connectivity index (χ1v) is 14.7. The average molecular weight is 586 g/mol. The molecule has 0 bridgehead atoms. The quantitative estimate of drug-likeness (QED) is 0.155. The predicted molar refractivity (Wildman–Crippen MR) is 168 cm³/mol. The van der Waals surface area contributed by atoms with Crippen molar-refractivity contribution in [1.82, 2.24) is 19.9 Å². The summed E-state index contributed by atoms with van der Waals surface area (Å²) in [5, 5.41) is 12.2. The molecule has 2 N–H and O–H groups in total. The van der Waals surface area contributed by atoms with Crippen molar-refractivity contribution >= 4 is 11.9 Å². The van der Waals surface area contributed by atoms with Gasteiger partial charge in [0.15, 0.2) is 0 Å². The van der Waals surface area contributed by atoms with Gasteiger partial charge in [0, 0.05) is 30.5 Å². The van der Waals surface area contributed by atoms with Crippen LogP contribution in [0.3, 0.4) is 0 Å². The summed E-state index contributed by atoms with van der Waals surface area (Å²) in [6, 6.07) is 28.6. The smallest absolute Gasteiger partial charge is 0.307 e. The number of esters is 1. The van der Waals surface area contributed by atoms with Crippen molar-refractivity contribution in [2.75, 3.05) is 0 Å². The van der Waals surface area contributed by atoms with Crippen LogP contribution >= 0.6 is 0 Å². The van der Waals surface area contributed by atoms with Gasteiger partial charge in [-0.15, -0.1) is 0 Å². The lowest BCUT2D eigenvalue weighted by molar-refractivity contribution is -0.147. The summed E-state index contributed by atoms with van der Waals surface area (Å²) in [6.07, 6.45) is 7.76. The Hall–Kier alpha value is -5.42. The Kier molecular flexibility index (Phi) is 9.68. The number of hydrogen-bond donors (Lipinski definition) is 2. The third-order valence-electron chi connectivity index (χ3n) is 7.43. The monoisotopic (exact) mass is 585 g/mol. The van der Waals surface area contributed by atoms with Crippen LogP contribution in [0, 0.1) is 17.2 Å². The zero-order valence-electron chi connectivity index (χ0n) is 24.8. The summed E-state index contributed by atoms with van der Waals surface area (Å²) < 4.78 is 7.51. The Morgan fingerprint density at radius 2 is 1.68 bits per heavy atom. The van der Waals surface area contributed by atoms with E-state index in [9.17, 15) is 9.59 Å². The van der Waals surface area contributed by atoms with Crippen molar-refractivity contribution in [2.24, 2.45) is 5.92 Å². The highest BCUT2D eigenvalue weighted by atomic mass is 16.5. The Bertz CT molecular complexity index is 1700. The maximum atomic E-state index is 13.8. The van der Waals surface area contributed by atoms with Crippen LogP contribution in [0.4, 0.5) is 0 Å². The Morgan fingerprint density at radius 3 is 2.32 bits per heavy atom. The van der Waals surface area contributed by atoms with E-state index in [0.29, 0.717) is 29.3 Å². The van der Waals surface area contributed by atoms with Gasteiger partial charge in [0.1, 0.15) is 12.4 Å². The maximum absolute atomic E-state index is 13.8. The largest absolute Gasteiger partial charge is 0.461 e. The average Bonchev–Trinajstić information content (AvgIpc) is 3.76. The Balaban J connectivity index is 1.36. The van der Waals surface area contributed by atoms with Gasteiger partial charge in [-0.1, -0.05) is 68.4 Å². The van der Waals surface area contributed by atoms with Crippen LogP contribution in [-0.2, 0) is 20.9 Å². The van der Waals surface area contributed by atoms with Gasteiger partial charge in [-0.2, -0.15) is 5.26 Å². The van der Waals surface area contributed by atoms with Gasteiger partial charge in [0.25, 0.3) is 0 Å². The van der Waals surface area contributed by atoms with E-state index in [-0.39, 0.29) is 25.0 Å². The van der Waals surface area contributed by atoms with Gasteiger partial charge >= 0.3 is 5.97 Å². The molecule has 5 rings (SSSR count). The van der Waals surface area contributed by atoms with E-state index in [1.807, 2.05) is 89.8 Å². The lowest BCUT2D eigenvalue weighted by Gasteiger charge is -2.22. The van der Waals surface area contributed by atoms with Crippen molar-refractivity contribution < 1.29 is 14.3 Å². The minimum absolute atomic E-state index is 0.104. The molecule has 222 valence electrons.